The van der Waals surface area contributed by atoms with Crippen molar-refractivity contribution in [2.24, 2.45) is 0 Å². The normalized spacial score (nSPS) is 16.3. The Kier molecular flexibility index (Phi) is 4.10. The third-order valence-electron chi connectivity index (χ3n) is 3.67. The van der Waals surface area contributed by atoms with Crippen LogP contribution in [0.5, 0.6) is 0 Å². The molecule has 4 nitrogen and oxygen atoms in total. The summed E-state index contributed by atoms with van der Waals surface area (Å²) in [6.07, 6.45) is 2.04. The fourth-order valence-electron chi connectivity index (χ4n) is 2.55. The Bertz CT molecular complexity index is 459. The van der Waals surface area contributed by atoms with Crippen LogP contribution in [0.25, 0.3) is 0 Å². The van der Waals surface area contributed by atoms with Gasteiger partial charge in [0.05, 0.1) is 6.42 Å². The third kappa shape index (κ3) is 3.50. The van der Waals surface area contributed by atoms with E-state index in [-0.39, 0.29) is 12.3 Å². The largest absolute Gasteiger partial charge is 0.495 e. The molecule has 0 radical (unpaired) electrons. The maximum atomic E-state index is 10.6. The zero-order valence-electron chi connectivity index (χ0n) is 10.9. The van der Waals surface area contributed by atoms with Crippen LogP contribution in [-0.2, 0) is 11.2 Å². The second-order valence-electron chi connectivity index (χ2n) is 4.99. The Morgan fingerprint density at radius 3 is 2.26 bits per heavy atom. The number of carboxylic acids is 1. The fraction of sp³-hybridized carbons (Fsp3) is 0.400. The summed E-state index contributed by atoms with van der Waals surface area (Å²) < 4.78 is 0. The van der Waals surface area contributed by atoms with Crippen LogP contribution >= 0.6 is 0 Å². The number of benzene rings is 1. The Labute approximate surface area is 113 Å². The highest BCUT2D eigenvalue weighted by Crippen LogP contribution is 2.29. The number of nitrogens with zero attached hydrogens (tertiary/aromatic N) is 1. The quantitative estimate of drug-likeness (QED) is 0.818. The molecule has 0 spiro atoms. The van der Waals surface area contributed by atoms with Crippen LogP contribution in [0.15, 0.2) is 36.7 Å². The van der Waals surface area contributed by atoms with E-state index in [1.165, 1.54) is 5.56 Å². The van der Waals surface area contributed by atoms with Crippen LogP contribution in [0.2, 0.25) is 0 Å². The van der Waals surface area contributed by atoms with E-state index in [0.29, 0.717) is 5.92 Å². The molecule has 0 atom stereocenters. The number of aliphatic hydroxyl groups excluding tert-OH is 1. The molecule has 1 aliphatic rings. The lowest BCUT2D eigenvalue weighted by Crippen LogP contribution is -2.31. The Morgan fingerprint density at radius 2 is 1.79 bits per heavy atom. The van der Waals surface area contributed by atoms with Crippen LogP contribution in [0.4, 0.5) is 0 Å². The summed E-state index contributed by atoms with van der Waals surface area (Å²) in [7, 11) is 0. The van der Waals surface area contributed by atoms with Gasteiger partial charge in [-0.2, -0.15) is 0 Å². The van der Waals surface area contributed by atoms with E-state index in [4.69, 9.17) is 5.11 Å². The predicted molar refractivity (Wildman–Crippen MR) is 73.1 cm³/mol. The van der Waals surface area contributed by atoms with Gasteiger partial charge in [0.1, 0.15) is 0 Å². The number of carbonyl (C=O) groups is 1. The van der Waals surface area contributed by atoms with Gasteiger partial charge in [0.15, 0.2) is 5.88 Å². The van der Waals surface area contributed by atoms with E-state index < -0.39 is 5.97 Å². The summed E-state index contributed by atoms with van der Waals surface area (Å²) in [4.78, 5) is 12.5. The number of aliphatic hydroxyl groups is 1. The molecule has 4 heteroatoms. The minimum absolute atomic E-state index is 0.0725. The van der Waals surface area contributed by atoms with Gasteiger partial charge in [-0.1, -0.05) is 24.3 Å². The molecular formula is C15H19NO3. The van der Waals surface area contributed by atoms with Crippen LogP contribution < -0.4 is 0 Å². The van der Waals surface area contributed by atoms with Crippen molar-refractivity contribution < 1.29 is 15.0 Å². The topological polar surface area (TPSA) is 60.8 Å². The monoisotopic (exact) mass is 261 g/mol. The zero-order valence-corrected chi connectivity index (χ0v) is 10.9. The Morgan fingerprint density at radius 1 is 1.21 bits per heavy atom. The molecule has 1 aromatic carbocycles. The average Bonchev–Trinajstić information content (AvgIpc) is 2.39. The van der Waals surface area contributed by atoms with E-state index in [0.717, 1.165) is 31.5 Å². The van der Waals surface area contributed by atoms with Gasteiger partial charge in [-0.15, -0.1) is 0 Å². The lowest BCUT2D eigenvalue weighted by molar-refractivity contribution is -0.136. The lowest BCUT2D eigenvalue weighted by atomic mass is 9.89. The first kappa shape index (κ1) is 13.5. The van der Waals surface area contributed by atoms with Gasteiger partial charge < -0.3 is 15.1 Å². The van der Waals surface area contributed by atoms with Crippen molar-refractivity contribution in [1.29, 1.82) is 0 Å². The van der Waals surface area contributed by atoms with Crippen molar-refractivity contribution >= 4 is 5.97 Å². The standard InChI is InChI=1S/C15H19NO3/c1-11(17)16-8-6-14(7-9-16)13-4-2-12(3-5-13)10-15(18)19/h2-5,14,17H,1,6-10H2,(H,18,19). The molecular weight excluding hydrogens is 242 g/mol. The summed E-state index contributed by atoms with van der Waals surface area (Å²) in [6, 6.07) is 7.82. The van der Waals surface area contributed by atoms with E-state index in [2.05, 4.69) is 6.58 Å². The highest BCUT2D eigenvalue weighted by Gasteiger charge is 2.21. The number of hydrogen-bond acceptors (Lipinski definition) is 3. The molecule has 1 aliphatic heterocycles. The summed E-state index contributed by atoms with van der Waals surface area (Å²) in [5.74, 6) is -0.174. The fourth-order valence-corrected chi connectivity index (χ4v) is 2.55. The molecule has 0 unspecified atom stereocenters. The predicted octanol–water partition coefficient (Wildman–Crippen LogP) is 2.52. The number of hydrogen-bond donors (Lipinski definition) is 2. The second-order valence-corrected chi connectivity index (χ2v) is 4.99. The SMILES string of the molecule is C=C(O)N1CCC(c2ccc(CC(=O)O)cc2)CC1. The van der Waals surface area contributed by atoms with E-state index >= 15 is 0 Å². The minimum Gasteiger partial charge on any atom is -0.495 e. The maximum Gasteiger partial charge on any atom is 0.307 e. The molecule has 0 aromatic heterocycles. The summed E-state index contributed by atoms with van der Waals surface area (Å²) in [6.45, 7) is 5.17. The Hall–Kier alpha value is -1.97. The number of aliphatic carboxylic acids is 1. The smallest absolute Gasteiger partial charge is 0.307 e. The van der Waals surface area contributed by atoms with Crippen LogP contribution in [0.3, 0.4) is 0 Å². The molecule has 1 fully saturated rings. The molecule has 2 N–H and O–H groups in total. The van der Waals surface area contributed by atoms with Crippen molar-refractivity contribution in [3.05, 3.63) is 47.9 Å². The van der Waals surface area contributed by atoms with Gasteiger partial charge >= 0.3 is 5.97 Å². The van der Waals surface area contributed by atoms with E-state index in [1.54, 1.807) is 0 Å². The molecule has 102 valence electrons. The van der Waals surface area contributed by atoms with Crippen molar-refractivity contribution in [3.8, 4) is 0 Å². The molecule has 1 saturated heterocycles. The molecule has 2 rings (SSSR count). The number of piperidine rings is 1. The second kappa shape index (κ2) is 5.78. The third-order valence-corrected chi connectivity index (χ3v) is 3.67. The van der Waals surface area contributed by atoms with Crippen molar-refractivity contribution in [1.82, 2.24) is 4.90 Å². The highest BCUT2D eigenvalue weighted by molar-refractivity contribution is 5.70. The highest BCUT2D eigenvalue weighted by atomic mass is 16.4. The molecule has 1 aromatic rings. The first-order valence-electron chi connectivity index (χ1n) is 6.49. The van der Waals surface area contributed by atoms with Crippen molar-refractivity contribution in [2.45, 2.75) is 25.2 Å². The molecule has 0 saturated carbocycles. The lowest BCUT2D eigenvalue weighted by Gasteiger charge is -2.32. The molecule has 0 amide bonds. The first-order chi connectivity index (χ1) is 9.06. The summed E-state index contributed by atoms with van der Waals surface area (Å²) >= 11 is 0. The van der Waals surface area contributed by atoms with E-state index in [9.17, 15) is 9.90 Å². The summed E-state index contributed by atoms with van der Waals surface area (Å²) in [5.41, 5.74) is 2.08. The number of carboxylic acid groups (broad SMARTS) is 1. The van der Waals surface area contributed by atoms with Crippen LogP contribution in [0.1, 0.15) is 29.9 Å². The minimum atomic E-state index is -0.803. The number of likely N-dealkylation sites (tertiary alicyclic amines) is 1. The molecule has 19 heavy (non-hydrogen) atoms. The zero-order chi connectivity index (χ0) is 13.8. The van der Waals surface area contributed by atoms with Crippen molar-refractivity contribution in [3.63, 3.8) is 0 Å². The average molecular weight is 261 g/mol. The molecule has 0 bridgehead atoms. The van der Waals surface area contributed by atoms with Gasteiger partial charge in [-0.05, 0) is 36.5 Å². The van der Waals surface area contributed by atoms with Gasteiger partial charge in [0.2, 0.25) is 0 Å². The van der Waals surface area contributed by atoms with E-state index in [1.807, 2.05) is 29.2 Å². The van der Waals surface area contributed by atoms with Gasteiger partial charge in [0.25, 0.3) is 0 Å². The van der Waals surface area contributed by atoms with Crippen molar-refractivity contribution in [2.75, 3.05) is 13.1 Å². The van der Waals surface area contributed by atoms with Crippen LogP contribution in [0, 0.1) is 0 Å². The van der Waals surface area contributed by atoms with Crippen LogP contribution in [-0.4, -0.2) is 34.2 Å². The summed E-state index contributed by atoms with van der Waals surface area (Å²) in [5, 5.41) is 18.1. The van der Waals surface area contributed by atoms with Gasteiger partial charge in [-0.3, -0.25) is 4.79 Å². The maximum absolute atomic E-state index is 10.6. The molecule has 1 heterocycles. The van der Waals surface area contributed by atoms with Gasteiger partial charge in [-0.25, -0.2) is 0 Å². The van der Waals surface area contributed by atoms with Gasteiger partial charge in [0, 0.05) is 13.1 Å². The molecule has 0 aliphatic carbocycles. The Balaban J connectivity index is 1.96. The first-order valence-corrected chi connectivity index (χ1v) is 6.49. The number of rotatable bonds is 4.